The van der Waals surface area contributed by atoms with E-state index in [4.69, 9.17) is 5.73 Å². The van der Waals surface area contributed by atoms with E-state index in [0.29, 0.717) is 6.42 Å². The molecule has 0 aliphatic rings. The predicted molar refractivity (Wildman–Crippen MR) is 45.7 cm³/mol. The van der Waals surface area contributed by atoms with Gasteiger partial charge in [-0.1, -0.05) is 6.92 Å². The molecule has 0 aliphatic heterocycles. The van der Waals surface area contributed by atoms with Gasteiger partial charge in [0.15, 0.2) is 0 Å². The number of nitrogens with one attached hydrogen (secondary N) is 2. The van der Waals surface area contributed by atoms with Crippen molar-refractivity contribution in [1.29, 1.82) is 0 Å². The lowest BCUT2D eigenvalue weighted by Gasteiger charge is -2.15. The molecule has 0 aromatic rings. The summed E-state index contributed by atoms with van der Waals surface area (Å²) in [4.78, 5) is 10.8. The van der Waals surface area contributed by atoms with Crippen LogP contribution >= 0.6 is 0 Å². The third-order valence-corrected chi connectivity index (χ3v) is 1.56. The van der Waals surface area contributed by atoms with Gasteiger partial charge in [0.25, 0.3) is 0 Å². The number of urea groups is 1. The van der Waals surface area contributed by atoms with Crippen molar-refractivity contribution in [2.75, 3.05) is 13.1 Å². The number of nitrogens with two attached hydrogens (primary N) is 1. The van der Waals surface area contributed by atoms with Crippen LogP contribution in [0.1, 0.15) is 13.3 Å². The van der Waals surface area contributed by atoms with Crippen LogP contribution in [0.3, 0.4) is 0 Å². The zero-order valence-electron chi connectivity index (χ0n) is 7.82. The summed E-state index contributed by atoms with van der Waals surface area (Å²) in [5.74, 6) is 0. The number of hydrogen-bond donors (Lipinski definition) is 3. The average molecular weight is 213 g/mol. The second kappa shape index (κ2) is 5.69. The Morgan fingerprint density at radius 3 is 2.43 bits per heavy atom. The molecule has 0 aromatic heterocycles. The van der Waals surface area contributed by atoms with Gasteiger partial charge < -0.3 is 16.4 Å². The number of amides is 2. The molecule has 4 N–H and O–H groups in total. The summed E-state index contributed by atoms with van der Waals surface area (Å²) in [6.45, 7) is 0.650. The van der Waals surface area contributed by atoms with E-state index >= 15 is 0 Å². The van der Waals surface area contributed by atoms with E-state index in [1.165, 1.54) is 0 Å². The van der Waals surface area contributed by atoms with Crippen LogP contribution in [0.15, 0.2) is 0 Å². The fraction of sp³-hybridized carbons (Fsp3) is 0.857. The lowest BCUT2D eigenvalue weighted by atomic mass is 10.2. The predicted octanol–water partition coefficient (Wildman–Crippen LogP) is 0.585. The van der Waals surface area contributed by atoms with Crippen LogP contribution < -0.4 is 16.4 Å². The second-order valence-electron chi connectivity index (χ2n) is 2.78. The fourth-order valence-electron chi connectivity index (χ4n) is 0.745. The van der Waals surface area contributed by atoms with Gasteiger partial charge >= 0.3 is 12.2 Å². The van der Waals surface area contributed by atoms with Crippen LogP contribution in [0.5, 0.6) is 0 Å². The number of alkyl halides is 3. The highest BCUT2D eigenvalue weighted by Gasteiger charge is 2.27. The molecule has 0 radical (unpaired) electrons. The van der Waals surface area contributed by atoms with Crippen LogP contribution in [0.2, 0.25) is 0 Å². The van der Waals surface area contributed by atoms with Gasteiger partial charge in [0.1, 0.15) is 6.54 Å². The quantitative estimate of drug-likeness (QED) is 0.639. The Hall–Kier alpha value is -0.980. The summed E-state index contributed by atoms with van der Waals surface area (Å²) in [5, 5.41) is 4.00. The second-order valence-corrected chi connectivity index (χ2v) is 2.78. The van der Waals surface area contributed by atoms with Crippen molar-refractivity contribution in [2.45, 2.75) is 25.6 Å². The molecule has 0 fully saturated rings. The Labute approximate surface area is 80.0 Å². The molecule has 2 amide bonds. The van der Waals surface area contributed by atoms with Gasteiger partial charge in [0.2, 0.25) is 0 Å². The van der Waals surface area contributed by atoms with Gasteiger partial charge in [-0.15, -0.1) is 0 Å². The van der Waals surface area contributed by atoms with Crippen molar-refractivity contribution in [3.8, 4) is 0 Å². The topological polar surface area (TPSA) is 67.1 Å². The van der Waals surface area contributed by atoms with Gasteiger partial charge in [0.05, 0.1) is 0 Å². The van der Waals surface area contributed by atoms with Gasteiger partial charge in [-0.2, -0.15) is 13.2 Å². The standard InChI is InChI=1S/C7H14F3N3O/c1-2-5(3-11)13-6(14)12-4-7(8,9)10/h5H,2-4,11H2,1H3,(H2,12,13,14). The normalized spacial score (nSPS) is 13.5. The SMILES string of the molecule is CCC(CN)NC(=O)NCC(F)(F)F. The van der Waals surface area contributed by atoms with Crippen molar-refractivity contribution in [3.63, 3.8) is 0 Å². The highest BCUT2D eigenvalue weighted by Crippen LogP contribution is 2.11. The maximum atomic E-state index is 11.6. The Morgan fingerprint density at radius 2 is 2.07 bits per heavy atom. The molecule has 0 heterocycles. The van der Waals surface area contributed by atoms with Crippen LogP contribution in [-0.4, -0.2) is 31.3 Å². The molecule has 14 heavy (non-hydrogen) atoms. The lowest BCUT2D eigenvalue weighted by Crippen LogP contribution is -2.47. The van der Waals surface area contributed by atoms with E-state index in [1.54, 1.807) is 12.2 Å². The van der Waals surface area contributed by atoms with Crippen molar-refractivity contribution in [3.05, 3.63) is 0 Å². The first-order chi connectivity index (χ1) is 6.39. The highest BCUT2D eigenvalue weighted by atomic mass is 19.4. The van der Waals surface area contributed by atoms with Gasteiger partial charge in [0, 0.05) is 12.6 Å². The zero-order valence-corrected chi connectivity index (χ0v) is 7.82. The van der Waals surface area contributed by atoms with Gasteiger partial charge in [-0.3, -0.25) is 0 Å². The summed E-state index contributed by atoms with van der Waals surface area (Å²) >= 11 is 0. The molecule has 1 unspecified atom stereocenters. The number of hydrogen-bond acceptors (Lipinski definition) is 2. The van der Waals surface area contributed by atoms with Crippen molar-refractivity contribution in [1.82, 2.24) is 10.6 Å². The third kappa shape index (κ3) is 6.53. The van der Waals surface area contributed by atoms with Crippen LogP contribution in [-0.2, 0) is 0 Å². The monoisotopic (exact) mass is 213 g/mol. The van der Waals surface area contributed by atoms with Crippen molar-refractivity contribution < 1.29 is 18.0 Å². The largest absolute Gasteiger partial charge is 0.405 e. The Morgan fingerprint density at radius 1 is 1.50 bits per heavy atom. The van der Waals surface area contributed by atoms with E-state index in [0.717, 1.165) is 0 Å². The number of rotatable bonds is 4. The molecule has 4 nitrogen and oxygen atoms in total. The fourth-order valence-corrected chi connectivity index (χ4v) is 0.745. The van der Waals surface area contributed by atoms with Crippen LogP contribution in [0.4, 0.5) is 18.0 Å². The molecule has 0 aliphatic carbocycles. The van der Waals surface area contributed by atoms with E-state index in [9.17, 15) is 18.0 Å². The van der Waals surface area contributed by atoms with Crippen LogP contribution in [0, 0.1) is 0 Å². The average Bonchev–Trinajstić information content (AvgIpc) is 2.09. The van der Waals surface area contributed by atoms with Gasteiger partial charge in [-0.05, 0) is 6.42 Å². The molecule has 0 rings (SSSR count). The number of carbonyl (C=O) groups excluding carboxylic acids is 1. The van der Waals surface area contributed by atoms with Crippen molar-refractivity contribution >= 4 is 6.03 Å². The summed E-state index contributed by atoms with van der Waals surface area (Å²) in [6.07, 6.45) is -3.81. The molecule has 0 bridgehead atoms. The first kappa shape index (κ1) is 13.0. The number of halogens is 3. The first-order valence-electron chi connectivity index (χ1n) is 4.20. The van der Waals surface area contributed by atoms with Crippen LogP contribution in [0.25, 0.3) is 0 Å². The number of carbonyl (C=O) groups is 1. The summed E-state index contributed by atoms with van der Waals surface area (Å²) in [5.41, 5.74) is 5.25. The molecular weight excluding hydrogens is 199 g/mol. The highest BCUT2D eigenvalue weighted by molar-refractivity contribution is 5.74. The zero-order chi connectivity index (χ0) is 11.2. The Balaban J connectivity index is 3.75. The molecule has 0 saturated heterocycles. The molecule has 1 atom stereocenters. The molecule has 84 valence electrons. The summed E-state index contributed by atoms with van der Waals surface area (Å²) in [7, 11) is 0. The molecule has 0 saturated carbocycles. The minimum absolute atomic E-state index is 0.204. The third-order valence-electron chi connectivity index (χ3n) is 1.56. The van der Waals surface area contributed by atoms with E-state index in [1.807, 2.05) is 0 Å². The Kier molecular flexibility index (Phi) is 5.29. The molecule has 7 heteroatoms. The molecule has 0 aromatic carbocycles. The Bertz CT molecular complexity index is 180. The van der Waals surface area contributed by atoms with E-state index in [-0.39, 0.29) is 12.6 Å². The maximum absolute atomic E-state index is 11.6. The molecular formula is C7H14F3N3O. The lowest BCUT2D eigenvalue weighted by molar-refractivity contribution is -0.122. The molecule has 0 spiro atoms. The van der Waals surface area contributed by atoms with E-state index < -0.39 is 18.8 Å². The first-order valence-corrected chi connectivity index (χ1v) is 4.20. The van der Waals surface area contributed by atoms with E-state index in [2.05, 4.69) is 5.32 Å². The summed E-state index contributed by atoms with van der Waals surface area (Å²) in [6, 6.07) is -1.14. The smallest absolute Gasteiger partial charge is 0.334 e. The minimum atomic E-state index is -4.39. The maximum Gasteiger partial charge on any atom is 0.405 e. The van der Waals surface area contributed by atoms with Gasteiger partial charge in [-0.25, -0.2) is 4.79 Å². The minimum Gasteiger partial charge on any atom is -0.334 e. The summed E-state index contributed by atoms with van der Waals surface area (Å²) < 4.78 is 34.9. The van der Waals surface area contributed by atoms with Crippen molar-refractivity contribution in [2.24, 2.45) is 5.73 Å².